The first-order valence-corrected chi connectivity index (χ1v) is 9.17. The van der Waals surface area contributed by atoms with Gasteiger partial charge in [-0.3, -0.25) is 5.41 Å². The third-order valence-electron chi connectivity index (χ3n) is 5.61. The van der Waals surface area contributed by atoms with Gasteiger partial charge in [0, 0.05) is 37.9 Å². The van der Waals surface area contributed by atoms with Gasteiger partial charge in [-0.2, -0.15) is 0 Å². The van der Waals surface area contributed by atoms with Crippen LogP contribution in [0.15, 0.2) is 36.5 Å². The van der Waals surface area contributed by atoms with E-state index in [0.717, 1.165) is 49.4 Å². The quantitative estimate of drug-likeness (QED) is 0.658. The van der Waals surface area contributed by atoms with Crippen molar-refractivity contribution in [1.82, 2.24) is 15.1 Å². The van der Waals surface area contributed by atoms with E-state index in [9.17, 15) is 5.11 Å². The molecular weight excluding hydrogens is 340 g/mol. The van der Waals surface area contributed by atoms with Crippen LogP contribution in [0.2, 0.25) is 0 Å². The highest BCUT2D eigenvalue weighted by molar-refractivity contribution is 6.07. The van der Waals surface area contributed by atoms with E-state index in [1.807, 2.05) is 18.2 Å². The number of anilines is 1. The highest BCUT2D eigenvalue weighted by Gasteiger charge is 2.39. The fourth-order valence-electron chi connectivity index (χ4n) is 4.23. The summed E-state index contributed by atoms with van der Waals surface area (Å²) in [4.78, 5) is 4.72. The largest absolute Gasteiger partial charge is 0.507 e. The average Bonchev–Trinajstić information content (AvgIpc) is 3.20. The van der Waals surface area contributed by atoms with Crippen molar-refractivity contribution < 1.29 is 10.5 Å². The van der Waals surface area contributed by atoms with E-state index >= 15 is 0 Å². The molecule has 0 aliphatic carbocycles. The second-order valence-corrected chi connectivity index (χ2v) is 7.44. The van der Waals surface area contributed by atoms with Crippen LogP contribution in [0.3, 0.4) is 0 Å². The van der Waals surface area contributed by atoms with Crippen molar-refractivity contribution >= 4 is 17.6 Å². The van der Waals surface area contributed by atoms with Crippen molar-refractivity contribution in [2.24, 2.45) is 17.6 Å². The predicted molar refractivity (Wildman–Crippen MR) is 106 cm³/mol. The minimum absolute atomic E-state index is 0.120. The summed E-state index contributed by atoms with van der Waals surface area (Å²) >= 11 is 0. The zero-order valence-corrected chi connectivity index (χ0v) is 15.4. The van der Waals surface area contributed by atoms with Gasteiger partial charge in [-0.05, 0) is 48.7 Å². The standard InChI is InChI=1S/C20H24N6O/c1-25-9-15-11-26(12-16(15)10-25)20-5-4-18(23-24-20)17-3-2-13(6-19(17)27)14(7-21)8-22/h2-8,15-16,21,27H,9-12,22H2,1H3/p+1/b14-8+,21-7?. The van der Waals surface area contributed by atoms with Gasteiger partial charge in [0.2, 0.25) is 0 Å². The van der Waals surface area contributed by atoms with Gasteiger partial charge in [-0.25, -0.2) is 0 Å². The van der Waals surface area contributed by atoms with Crippen LogP contribution in [-0.4, -0.2) is 59.6 Å². The molecule has 7 heteroatoms. The van der Waals surface area contributed by atoms with Gasteiger partial charge in [-0.1, -0.05) is 6.07 Å². The van der Waals surface area contributed by atoms with E-state index in [1.54, 1.807) is 12.1 Å². The van der Waals surface area contributed by atoms with Gasteiger partial charge >= 0.3 is 0 Å². The van der Waals surface area contributed by atoms with Gasteiger partial charge in [0.05, 0.1) is 11.3 Å². The molecule has 7 nitrogen and oxygen atoms in total. The van der Waals surface area contributed by atoms with Crippen LogP contribution >= 0.6 is 0 Å². The van der Waals surface area contributed by atoms with E-state index in [4.69, 9.17) is 11.1 Å². The summed E-state index contributed by atoms with van der Waals surface area (Å²) in [5, 5.41) is 24.7. The summed E-state index contributed by atoms with van der Waals surface area (Å²) in [6, 6.07) is 9.18. The van der Waals surface area contributed by atoms with Crippen molar-refractivity contribution in [3.05, 3.63) is 42.1 Å². The number of allylic oxidation sites excluding steroid dienone is 1. The molecule has 3 heterocycles. The molecule has 2 unspecified atom stereocenters. The van der Waals surface area contributed by atoms with Crippen LogP contribution in [0.5, 0.6) is 5.75 Å². The lowest BCUT2D eigenvalue weighted by Crippen LogP contribution is -2.30. The molecular formula is C20H25N6O+. The Labute approximate surface area is 158 Å². The second-order valence-electron chi connectivity index (χ2n) is 7.44. The summed E-state index contributed by atoms with van der Waals surface area (Å²) in [6.07, 6.45) is 2.82. The SMILES string of the molecule is CN1CC2CN(c3ccc(-c4ccc(/C(C=[NH2+])=C/N)cc4O)nn3)CC2C1. The van der Waals surface area contributed by atoms with E-state index in [-0.39, 0.29) is 5.75 Å². The number of aromatic nitrogens is 2. The molecule has 0 amide bonds. The number of hydrogen-bond acceptors (Lipinski definition) is 6. The molecule has 0 bridgehead atoms. The number of fused-ring (bicyclic) bond motifs is 1. The maximum Gasteiger partial charge on any atom is 0.169 e. The molecule has 1 aromatic carbocycles. The molecule has 1 aromatic heterocycles. The molecule has 2 aromatic rings. The average molecular weight is 365 g/mol. The molecule has 27 heavy (non-hydrogen) atoms. The molecule has 4 rings (SSSR count). The number of phenolic OH excluding ortho intramolecular Hbond substituents is 1. The number of likely N-dealkylation sites (tertiary alicyclic amines) is 1. The summed E-state index contributed by atoms with van der Waals surface area (Å²) in [6.45, 7) is 4.39. The Bertz CT molecular complexity index is 865. The first kappa shape index (κ1) is 17.5. The van der Waals surface area contributed by atoms with Crippen molar-refractivity contribution in [3.8, 4) is 17.0 Å². The summed E-state index contributed by atoms with van der Waals surface area (Å²) < 4.78 is 0. The zero-order chi connectivity index (χ0) is 19.0. The van der Waals surface area contributed by atoms with Crippen LogP contribution in [0.4, 0.5) is 5.82 Å². The predicted octanol–water partition coefficient (Wildman–Crippen LogP) is -0.0235. The van der Waals surface area contributed by atoms with Gasteiger partial charge in [0.1, 0.15) is 5.75 Å². The van der Waals surface area contributed by atoms with Crippen molar-refractivity contribution in [3.63, 3.8) is 0 Å². The minimum atomic E-state index is 0.120. The number of aromatic hydroxyl groups is 1. The van der Waals surface area contributed by atoms with Gasteiger partial charge in [-0.15, -0.1) is 10.2 Å². The fraction of sp³-hybridized carbons (Fsp3) is 0.350. The van der Waals surface area contributed by atoms with Crippen molar-refractivity contribution in [2.45, 2.75) is 0 Å². The molecule has 2 aliphatic heterocycles. The molecule has 2 saturated heterocycles. The topological polar surface area (TPSA) is 104 Å². The fourth-order valence-corrected chi connectivity index (χ4v) is 4.23. The number of nitrogens with two attached hydrogens (primary N) is 2. The molecule has 2 atom stereocenters. The Hall–Kier alpha value is -2.93. The first-order valence-electron chi connectivity index (χ1n) is 9.17. The second kappa shape index (κ2) is 7.00. The monoisotopic (exact) mass is 365 g/mol. The third kappa shape index (κ3) is 3.26. The Kier molecular flexibility index (Phi) is 4.53. The van der Waals surface area contributed by atoms with Crippen LogP contribution in [0, 0.1) is 11.8 Å². The molecule has 0 radical (unpaired) electrons. The number of phenols is 1. The van der Waals surface area contributed by atoms with E-state index < -0.39 is 0 Å². The third-order valence-corrected chi connectivity index (χ3v) is 5.61. The lowest BCUT2D eigenvalue weighted by Gasteiger charge is -2.19. The maximum absolute atomic E-state index is 10.4. The van der Waals surface area contributed by atoms with Crippen LogP contribution in [-0.2, 0) is 0 Å². The smallest absolute Gasteiger partial charge is 0.169 e. The van der Waals surface area contributed by atoms with Gasteiger partial charge in [0.15, 0.2) is 12.0 Å². The van der Waals surface area contributed by atoms with E-state index in [0.29, 0.717) is 16.8 Å². The van der Waals surface area contributed by atoms with Crippen LogP contribution in [0.1, 0.15) is 5.56 Å². The number of hydrogen-bond donors (Lipinski definition) is 3. The van der Waals surface area contributed by atoms with Crippen LogP contribution in [0.25, 0.3) is 16.8 Å². The Morgan fingerprint density at radius 3 is 2.44 bits per heavy atom. The molecule has 0 spiro atoms. The van der Waals surface area contributed by atoms with Crippen molar-refractivity contribution in [1.29, 1.82) is 0 Å². The molecule has 140 valence electrons. The lowest BCUT2D eigenvalue weighted by atomic mass is 10.0. The summed E-state index contributed by atoms with van der Waals surface area (Å²) in [5.74, 6) is 2.46. The summed E-state index contributed by atoms with van der Waals surface area (Å²) in [5.41, 5.74) is 8.22. The Balaban J connectivity index is 1.52. The Morgan fingerprint density at radius 2 is 1.89 bits per heavy atom. The lowest BCUT2D eigenvalue weighted by molar-refractivity contribution is -0.103. The highest BCUT2D eigenvalue weighted by Crippen LogP contribution is 2.34. The first-order chi connectivity index (χ1) is 13.1. The number of benzene rings is 1. The van der Waals surface area contributed by atoms with Gasteiger partial charge in [0.25, 0.3) is 0 Å². The van der Waals surface area contributed by atoms with Crippen molar-refractivity contribution in [2.75, 3.05) is 38.1 Å². The Morgan fingerprint density at radius 1 is 1.15 bits per heavy atom. The zero-order valence-electron chi connectivity index (χ0n) is 15.4. The number of nitrogens with zero attached hydrogens (tertiary/aromatic N) is 4. The van der Waals surface area contributed by atoms with E-state index in [2.05, 4.69) is 27.0 Å². The minimum Gasteiger partial charge on any atom is -0.507 e. The van der Waals surface area contributed by atoms with Crippen LogP contribution < -0.4 is 16.0 Å². The highest BCUT2D eigenvalue weighted by atomic mass is 16.3. The van der Waals surface area contributed by atoms with Gasteiger partial charge < -0.3 is 20.6 Å². The molecule has 0 saturated carbocycles. The number of rotatable bonds is 4. The summed E-state index contributed by atoms with van der Waals surface area (Å²) in [7, 11) is 2.19. The molecule has 5 N–H and O–H groups in total. The molecule has 2 aliphatic rings. The normalized spacial score (nSPS) is 22.9. The maximum atomic E-state index is 10.4. The van der Waals surface area contributed by atoms with E-state index in [1.165, 1.54) is 12.4 Å². The molecule has 2 fully saturated rings.